The Bertz CT molecular complexity index is 334. The van der Waals surface area contributed by atoms with Gasteiger partial charge in [0.2, 0.25) is 0 Å². The summed E-state index contributed by atoms with van der Waals surface area (Å²) in [6.07, 6.45) is -0.326. The molecule has 0 radical (unpaired) electrons. The number of carbonyl (C=O) groups excluding carboxylic acids is 1. The lowest BCUT2D eigenvalue weighted by molar-refractivity contribution is -0.136. The highest BCUT2D eigenvalue weighted by Crippen LogP contribution is 2.26. The zero-order valence-electron chi connectivity index (χ0n) is 8.43. The maximum absolute atomic E-state index is 11.6. The molecular weight excluding hydrogens is 192 g/mol. The zero-order valence-corrected chi connectivity index (χ0v) is 8.43. The van der Waals surface area contributed by atoms with Gasteiger partial charge in [0.15, 0.2) is 0 Å². The lowest BCUT2D eigenvalue weighted by Crippen LogP contribution is -2.32. The van der Waals surface area contributed by atoms with E-state index in [0.717, 1.165) is 5.56 Å². The highest BCUT2D eigenvalue weighted by molar-refractivity contribution is 5.82. The fraction of sp³-hybridized carbons (Fsp3) is 0.417. The normalized spacial score (nSPS) is 23.8. The number of carbonyl (C=O) groups is 1. The van der Waals surface area contributed by atoms with Crippen molar-refractivity contribution in [3.63, 3.8) is 0 Å². The van der Waals surface area contributed by atoms with Crippen molar-refractivity contribution < 1.29 is 14.6 Å². The van der Waals surface area contributed by atoms with E-state index >= 15 is 0 Å². The first-order valence-electron chi connectivity index (χ1n) is 5.12. The fourth-order valence-electron chi connectivity index (χ4n) is 1.81. The minimum Gasteiger partial charge on any atom is -0.388 e. The Balaban J connectivity index is 2.13. The molecule has 0 aromatic heterocycles. The molecule has 2 rings (SSSR count). The topological polar surface area (TPSA) is 46.5 Å². The third-order valence-corrected chi connectivity index (χ3v) is 2.73. The molecule has 2 atom stereocenters. The van der Waals surface area contributed by atoms with E-state index in [1.165, 1.54) is 0 Å². The number of benzene rings is 1. The highest BCUT2D eigenvalue weighted by Gasteiger charge is 2.30. The minimum atomic E-state index is -0.737. The smallest absolute Gasteiger partial charge is 0.143 e. The van der Waals surface area contributed by atoms with Gasteiger partial charge in [-0.05, 0) is 5.56 Å². The van der Waals surface area contributed by atoms with E-state index in [9.17, 15) is 9.90 Å². The number of aliphatic hydroxyl groups is 1. The van der Waals surface area contributed by atoms with Crippen LogP contribution in [0.4, 0.5) is 0 Å². The molecule has 1 aromatic rings. The van der Waals surface area contributed by atoms with Gasteiger partial charge in [0, 0.05) is 6.42 Å². The van der Waals surface area contributed by atoms with Crippen molar-refractivity contribution in [1.29, 1.82) is 0 Å². The molecule has 3 nitrogen and oxygen atoms in total. The van der Waals surface area contributed by atoms with Gasteiger partial charge in [-0.2, -0.15) is 0 Å². The predicted octanol–water partition coefficient (Wildman–Crippen LogP) is 1.33. The lowest BCUT2D eigenvalue weighted by Gasteiger charge is -2.25. The molecule has 0 saturated carbocycles. The van der Waals surface area contributed by atoms with Gasteiger partial charge in [0.1, 0.15) is 5.78 Å². The summed E-state index contributed by atoms with van der Waals surface area (Å²) in [5.41, 5.74) is 0.779. The van der Waals surface area contributed by atoms with E-state index in [0.29, 0.717) is 19.6 Å². The number of ether oxygens (including phenoxy) is 1. The molecular formula is C12H14O3. The van der Waals surface area contributed by atoms with Gasteiger partial charge in [0.05, 0.1) is 25.2 Å². The van der Waals surface area contributed by atoms with Gasteiger partial charge in [-0.3, -0.25) is 4.79 Å². The van der Waals surface area contributed by atoms with Crippen molar-refractivity contribution in [2.75, 3.05) is 13.2 Å². The van der Waals surface area contributed by atoms with Gasteiger partial charge in [0.25, 0.3) is 0 Å². The van der Waals surface area contributed by atoms with E-state index < -0.39 is 12.0 Å². The standard InChI is InChI=1S/C12H14O3/c13-11-6-7-15-8-10(11)12(14)9-4-2-1-3-5-9/h1-5,10,12,14H,6-8H2. The maximum atomic E-state index is 11.6. The zero-order chi connectivity index (χ0) is 10.7. The summed E-state index contributed by atoms with van der Waals surface area (Å²) in [5.74, 6) is -0.307. The molecule has 1 aliphatic rings. The molecule has 2 unspecified atom stereocenters. The molecule has 0 aliphatic carbocycles. The Labute approximate surface area is 88.7 Å². The van der Waals surface area contributed by atoms with Crippen LogP contribution in [0.3, 0.4) is 0 Å². The molecule has 80 valence electrons. The van der Waals surface area contributed by atoms with Crippen LogP contribution in [0.5, 0.6) is 0 Å². The summed E-state index contributed by atoms with van der Waals surface area (Å²) in [7, 11) is 0. The molecule has 1 aromatic carbocycles. The van der Waals surface area contributed by atoms with Crippen LogP contribution >= 0.6 is 0 Å². The second-order valence-electron chi connectivity index (χ2n) is 3.75. The number of rotatable bonds is 2. The summed E-state index contributed by atoms with van der Waals surface area (Å²) in [5, 5.41) is 10.0. The average molecular weight is 206 g/mol. The second kappa shape index (κ2) is 4.55. The van der Waals surface area contributed by atoms with Crippen molar-refractivity contribution >= 4 is 5.78 Å². The van der Waals surface area contributed by atoms with Crippen molar-refractivity contribution in [2.45, 2.75) is 12.5 Å². The molecule has 15 heavy (non-hydrogen) atoms. The summed E-state index contributed by atoms with van der Waals surface area (Å²) < 4.78 is 5.21. The van der Waals surface area contributed by atoms with Crippen LogP contribution in [0, 0.1) is 5.92 Å². The van der Waals surface area contributed by atoms with Crippen molar-refractivity contribution in [3.8, 4) is 0 Å². The first kappa shape index (κ1) is 10.3. The fourth-order valence-corrected chi connectivity index (χ4v) is 1.81. The molecule has 0 bridgehead atoms. The average Bonchev–Trinajstić information content (AvgIpc) is 2.30. The molecule has 0 spiro atoms. The van der Waals surface area contributed by atoms with Crippen molar-refractivity contribution in [2.24, 2.45) is 5.92 Å². The van der Waals surface area contributed by atoms with E-state index in [4.69, 9.17) is 4.74 Å². The molecule has 1 N–H and O–H groups in total. The Morgan fingerprint density at radius 2 is 2.07 bits per heavy atom. The lowest BCUT2D eigenvalue weighted by atomic mass is 9.90. The van der Waals surface area contributed by atoms with Crippen LogP contribution in [0.15, 0.2) is 30.3 Å². The molecule has 1 saturated heterocycles. The number of hydrogen-bond donors (Lipinski definition) is 1. The molecule has 1 aliphatic heterocycles. The van der Waals surface area contributed by atoms with Gasteiger partial charge in [-0.1, -0.05) is 30.3 Å². The van der Waals surface area contributed by atoms with Crippen molar-refractivity contribution in [1.82, 2.24) is 0 Å². The van der Waals surface area contributed by atoms with E-state index in [2.05, 4.69) is 0 Å². The monoisotopic (exact) mass is 206 g/mol. The summed E-state index contributed by atoms with van der Waals surface area (Å²) in [6, 6.07) is 9.24. The van der Waals surface area contributed by atoms with Crippen LogP contribution < -0.4 is 0 Å². The van der Waals surface area contributed by atoms with Crippen molar-refractivity contribution in [3.05, 3.63) is 35.9 Å². The largest absolute Gasteiger partial charge is 0.388 e. The quantitative estimate of drug-likeness (QED) is 0.794. The van der Waals surface area contributed by atoms with Crippen LogP contribution in [-0.2, 0) is 9.53 Å². The van der Waals surface area contributed by atoms with Crippen LogP contribution in [0.25, 0.3) is 0 Å². The Hall–Kier alpha value is -1.19. The van der Waals surface area contributed by atoms with Gasteiger partial charge in [-0.15, -0.1) is 0 Å². The maximum Gasteiger partial charge on any atom is 0.143 e. The number of hydrogen-bond acceptors (Lipinski definition) is 3. The number of aliphatic hydroxyl groups excluding tert-OH is 1. The first-order chi connectivity index (χ1) is 7.29. The Morgan fingerprint density at radius 1 is 1.33 bits per heavy atom. The molecule has 1 heterocycles. The summed E-state index contributed by atoms with van der Waals surface area (Å²) >= 11 is 0. The minimum absolute atomic E-state index is 0.0950. The van der Waals surface area contributed by atoms with Gasteiger partial charge >= 0.3 is 0 Å². The third kappa shape index (κ3) is 2.25. The first-order valence-corrected chi connectivity index (χ1v) is 5.12. The Kier molecular flexibility index (Phi) is 3.14. The van der Waals surface area contributed by atoms with Gasteiger partial charge < -0.3 is 9.84 Å². The molecule has 0 amide bonds. The molecule has 1 fully saturated rings. The number of ketones is 1. The SMILES string of the molecule is O=C1CCOCC1C(O)c1ccccc1. The highest BCUT2D eigenvalue weighted by atomic mass is 16.5. The van der Waals surface area contributed by atoms with Crippen LogP contribution in [0.2, 0.25) is 0 Å². The third-order valence-electron chi connectivity index (χ3n) is 2.73. The molecule has 3 heteroatoms. The predicted molar refractivity (Wildman–Crippen MR) is 55.3 cm³/mol. The second-order valence-corrected chi connectivity index (χ2v) is 3.75. The number of Topliss-reactive ketones (excluding diaryl/α,β-unsaturated/α-hetero) is 1. The van der Waals surface area contributed by atoms with Gasteiger partial charge in [-0.25, -0.2) is 0 Å². The van der Waals surface area contributed by atoms with E-state index in [1.807, 2.05) is 30.3 Å². The summed E-state index contributed by atoms with van der Waals surface area (Å²) in [4.78, 5) is 11.6. The van der Waals surface area contributed by atoms with Crippen LogP contribution in [0.1, 0.15) is 18.1 Å². The summed E-state index contributed by atoms with van der Waals surface area (Å²) in [6.45, 7) is 0.811. The van der Waals surface area contributed by atoms with E-state index in [1.54, 1.807) is 0 Å². The Morgan fingerprint density at radius 3 is 2.73 bits per heavy atom. The van der Waals surface area contributed by atoms with E-state index in [-0.39, 0.29) is 5.78 Å². The van der Waals surface area contributed by atoms with Crippen LogP contribution in [-0.4, -0.2) is 24.1 Å².